The van der Waals surface area contributed by atoms with E-state index in [-0.39, 0.29) is 25.9 Å². The lowest BCUT2D eigenvalue weighted by molar-refractivity contribution is -0.154. The normalized spacial score (nSPS) is 20.9. The third-order valence-corrected chi connectivity index (χ3v) is 4.77. The molecule has 1 amide bonds. The molecule has 3 rings (SSSR count). The summed E-state index contributed by atoms with van der Waals surface area (Å²) in [7, 11) is 0. The van der Waals surface area contributed by atoms with E-state index >= 15 is 0 Å². The summed E-state index contributed by atoms with van der Waals surface area (Å²) in [4.78, 5) is 26.7. The zero-order valence-electron chi connectivity index (χ0n) is 17.1. The number of ether oxygens (including phenoxy) is 3. The van der Waals surface area contributed by atoms with Crippen molar-refractivity contribution < 1.29 is 28.9 Å². The number of carbonyl (C=O) groups excluding carboxylic acids is 2. The maximum atomic E-state index is 12.8. The Hall–Kier alpha value is -2.90. The average Bonchev–Trinajstić information content (AvgIpc) is 3.07. The van der Waals surface area contributed by atoms with E-state index in [1.165, 1.54) is 4.90 Å². The molecule has 1 saturated heterocycles. The Morgan fingerprint density at radius 1 is 0.967 bits per heavy atom. The molecule has 160 valence electrons. The second-order valence-electron chi connectivity index (χ2n) is 7.44. The minimum absolute atomic E-state index is 0.0398. The minimum Gasteiger partial charge on any atom is -0.459 e. The SMILES string of the molecule is CC(C)OC1CN(C(=O)OCc2ccccc2)[C@H](C(=O)OCc2ccccc2)C1O. The van der Waals surface area contributed by atoms with Gasteiger partial charge in [-0.3, -0.25) is 4.90 Å². The smallest absolute Gasteiger partial charge is 0.411 e. The second-order valence-corrected chi connectivity index (χ2v) is 7.44. The maximum Gasteiger partial charge on any atom is 0.411 e. The van der Waals surface area contributed by atoms with Crippen molar-refractivity contribution in [2.24, 2.45) is 0 Å². The van der Waals surface area contributed by atoms with Gasteiger partial charge < -0.3 is 19.3 Å². The molecular formula is C23H27NO6. The Kier molecular flexibility index (Phi) is 7.43. The highest BCUT2D eigenvalue weighted by atomic mass is 16.6. The lowest BCUT2D eigenvalue weighted by Gasteiger charge is -2.23. The van der Waals surface area contributed by atoms with Crippen LogP contribution in [0.3, 0.4) is 0 Å². The van der Waals surface area contributed by atoms with Gasteiger partial charge in [0.2, 0.25) is 0 Å². The first-order valence-corrected chi connectivity index (χ1v) is 9.97. The van der Waals surface area contributed by atoms with Crippen LogP contribution in [0.1, 0.15) is 25.0 Å². The summed E-state index contributed by atoms with van der Waals surface area (Å²) in [5.74, 6) is -0.696. The average molecular weight is 413 g/mol. The zero-order chi connectivity index (χ0) is 21.5. The number of likely N-dealkylation sites (tertiary alicyclic amines) is 1. The molecule has 0 spiro atoms. The molecule has 7 heteroatoms. The number of carbonyl (C=O) groups is 2. The highest BCUT2D eigenvalue weighted by Gasteiger charge is 2.49. The van der Waals surface area contributed by atoms with Crippen LogP contribution in [0.2, 0.25) is 0 Å². The molecule has 1 N–H and O–H groups in total. The van der Waals surface area contributed by atoms with E-state index < -0.39 is 30.3 Å². The van der Waals surface area contributed by atoms with Gasteiger partial charge in [0, 0.05) is 0 Å². The summed E-state index contributed by atoms with van der Waals surface area (Å²) in [6, 6.07) is 17.2. The third-order valence-electron chi connectivity index (χ3n) is 4.77. The summed E-state index contributed by atoms with van der Waals surface area (Å²) in [6.45, 7) is 3.80. The van der Waals surface area contributed by atoms with Gasteiger partial charge in [0.15, 0.2) is 6.04 Å². The Morgan fingerprint density at radius 3 is 2.03 bits per heavy atom. The van der Waals surface area contributed by atoms with Gasteiger partial charge in [-0.25, -0.2) is 9.59 Å². The van der Waals surface area contributed by atoms with Crippen molar-refractivity contribution in [2.45, 2.75) is 51.4 Å². The van der Waals surface area contributed by atoms with Crippen LogP contribution in [0.15, 0.2) is 60.7 Å². The molecule has 2 unspecified atom stereocenters. The van der Waals surface area contributed by atoms with Crippen LogP contribution in [-0.2, 0) is 32.2 Å². The summed E-state index contributed by atoms with van der Waals surface area (Å²) < 4.78 is 16.4. The van der Waals surface area contributed by atoms with Crippen LogP contribution in [0.5, 0.6) is 0 Å². The number of esters is 1. The standard InChI is InChI=1S/C23H27NO6/c1-16(2)30-19-13-24(23(27)29-15-18-11-7-4-8-12-18)20(21(19)25)22(26)28-14-17-9-5-3-6-10-17/h3-12,16,19-21,25H,13-15H2,1-2H3/t19?,20-,21?/m0/s1. The second kappa shape index (κ2) is 10.2. The fourth-order valence-electron chi connectivity index (χ4n) is 3.35. The molecule has 2 aromatic carbocycles. The van der Waals surface area contributed by atoms with Crippen LogP contribution in [0.25, 0.3) is 0 Å². The van der Waals surface area contributed by atoms with Crippen LogP contribution < -0.4 is 0 Å². The number of hydrogen-bond donors (Lipinski definition) is 1. The van der Waals surface area contributed by atoms with Crippen LogP contribution >= 0.6 is 0 Å². The van der Waals surface area contributed by atoms with Crippen molar-refractivity contribution in [3.63, 3.8) is 0 Å². The van der Waals surface area contributed by atoms with Gasteiger partial charge in [-0.1, -0.05) is 60.7 Å². The van der Waals surface area contributed by atoms with Gasteiger partial charge in [-0.15, -0.1) is 0 Å². The van der Waals surface area contributed by atoms with E-state index in [9.17, 15) is 14.7 Å². The number of rotatable bonds is 7. The predicted octanol–water partition coefficient (Wildman–Crippen LogP) is 2.91. The van der Waals surface area contributed by atoms with E-state index in [2.05, 4.69) is 0 Å². The molecule has 1 fully saturated rings. The van der Waals surface area contributed by atoms with E-state index in [0.29, 0.717) is 0 Å². The van der Waals surface area contributed by atoms with Crippen LogP contribution in [0.4, 0.5) is 4.79 Å². The maximum absolute atomic E-state index is 12.8. The van der Waals surface area contributed by atoms with Gasteiger partial charge in [-0.05, 0) is 25.0 Å². The molecule has 0 radical (unpaired) electrons. The van der Waals surface area contributed by atoms with Crippen molar-refractivity contribution in [1.82, 2.24) is 4.90 Å². The van der Waals surface area contributed by atoms with Gasteiger partial charge >= 0.3 is 12.1 Å². The van der Waals surface area contributed by atoms with Crippen molar-refractivity contribution in [1.29, 1.82) is 0 Å². The first-order valence-electron chi connectivity index (χ1n) is 9.97. The molecule has 1 heterocycles. The first kappa shape index (κ1) is 21.8. The fourth-order valence-corrected chi connectivity index (χ4v) is 3.35. The van der Waals surface area contributed by atoms with E-state index in [0.717, 1.165) is 11.1 Å². The summed E-state index contributed by atoms with van der Waals surface area (Å²) in [5, 5.41) is 10.7. The lowest BCUT2D eigenvalue weighted by atomic mass is 10.1. The van der Waals surface area contributed by atoms with Crippen molar-refractivity contribution >= 4 is 12.1 Å². The fraction of sp³-hybridized carbons (Fsp3) is 0.391. The Balaban J connectivity index is 1.68. The quantitative estimate of drug-likeness (QED) is 0.703. The molecule has 7 nitrogen and oxygen atoms in total. The highest BCUT2D eigenvalue weighted by Crippen LogP contribution is 2.25. The predicted molar refractivity (Wildman–Crippen MR) is 109 cm³/mol. The number of nitrogens with zero attached hydrogens (tertiary/aromatic N) is 1. The Bertz CT molecular complexity index is 826. The molecule has 0 aliphatic carbocycles. The molecule has 0 aromatic heterocycles. The third kappa shape index (κ3) is 5.58. The summed E-state index contributed by atoms with van der Waals surface area (Å²) in [5.41, 5.74) is 1.63. The van der Waals surface area contributed by atoms with Crippen LogP contribution in [0, 0.1) is 0 Å². The molecule has 1 aliphatic heterocycles. The van der Waals surface area contributed by atoms with Crippen molar-refractivity contribution in [2.75, 3.05) is 6.54 Å². The van der Waals surface area contributed by atoms with Gasteiger partial charge in [0.25, 0.3) is 0 Å². The molecule has 3 atom stereocenters. The number of aliphatic hydroxyl groups excluding tert-OH is 1. The van der Waals surface area contributed by atoms with Gasteiger partial charge in [-0.2, -0.15) is 0 Å². The first-order chi connectivity index (χ1) is 14.5. The van der Waals surface area contributed by atoms with E-state index in [1.54, 1.807) is 0 Å². The number of amides is 1. The molecule has 0 saturated carbocycles. The van der Waals surface area contributed by atoms with E-state index in [1.807, 2.05) is 74.5 Å². The Morgan fingerprint density at radius 2 is 1.50 bits per heavy atom. The number of hydrogen-bond acceptors (Lipinski definition) is 6. The van der Waals surface area contributed by atoms with E-state index in [4.69, 9.17) is 14.2 Å². The summed E-state index contributed by atoms with van der Waals surface area (Å²) >= 11 is 0. The van der Waals surface area contributed by atoms with Gasteiger partial charge in [0.1, 0.15) is 25.4 Å². The highest BCUT2D eigenvalue weighted by molar-refractivity contribution is 5.83. The molecule has 30 heavy (non-hydrogen) atoms. The molecule has 0 bridgehead atoms. The summed E-state index contributed by atoms with van der Waals surface area (Å²) in [6.07, 6.45) is -2.79. The zero-order valence-corrected chi connectivity index (χ0v) is 17.1. The van der Waals surface area contributed by atoms with Crippen LogP contribution in [-0.4, -0.2) is 53.0 Å². The monoisotopic (exact) mass is 413 g/mol. The van der Waals surface area contributed by atoms with Crippen molar-refractivity contribution in [3.05, 3.63) is 71.8 Å². The number of aliphatic hydroxyl groups is 1. The van der Waals surface area contributed by atoms with Gasteiger partial charge in [0.05, 0.1) is 12.6 Å². The minimum atomic E-state index is -1.21. The Labute approximate surface area is 176 Å². The molecule has 1 aliphatic rings. The number of benzene rings is 2. The topological polar surface area (TPSA) is 85.3 Å². The molecular weight excluding hydrogens is 386 g/mol. The largest absolute Gasteiger partial charge is 0.459 e. The molecule has 2 aromatic rings. The van der Waals surface area contributed by atoms with Crippen molar-refractivity contribution in [3.8, 4) is 0 Å². The lowest BCUT2D eigenvalue weighted by Crippen LogP contribution is -2.46.